The number of halogens is 2. The summed E-state index contributed by atoms with van der Waals surface area (Å²) in [5, 5.41) is 16.3. The molecule has 1 aromatic heterocycles. The van der Waals surface area contributed by atoms with Crippen molar-refractivity contribution in [2.45, 2.75) is 48.3 Å². The van der Waals surface area contributed by atoms with Crippen LogP contribution in [-0.4, -0.2) is 83.6 Å². The molecule has 6 rings (SSSR count). The molecule has 11 nitrogen and oxygen atoms in total. The Morgan fingerprint density at radius 1 is 1.11 bits per heavy atom. The van der Waals surface area contributed by atoms with Crippen LogP contribution in [0, 0.1) is 11.6 Å². The molecule has 0 saturated carbocycles. The van der Waals surface area contributed by atoms with E-state index in [1.54, 1.807) is 23.2 Å². The van der Waals surface area contributed by atoms with E-state index in [1.807, 2.05) is 0 Å². The summed E-state index contributed by atoms with van der Waals surface area (Å²) >= 11 is 0. The molecule has 0 aliphatic carbocycles. The SMILES string of the molecule is O=C1NC2(CCOc3cc(-c4ccc(F)cc4F)ccc3S(=O)(=O)N3C[C@H](O)C[C@@H]13)CCN(C(=O)Nc1cccnc1)CC2. The van der Waals surface area contributed by atoms with Gasteiger partial charge in [-0.3, -0.25) is 9.78 Å². The van der Waals surface area contributed by atoms with E-state index in [9.17, 15) is 31.9 Å². The lowest BCUT2D eigenvalue weighted by molar-refractivity contribution is -0.127. The summed E-state index contributed by atoms with van der Waals surface area (Å²) in [6, 6.07) is 9.11. The molecule has 3 N–H and O–H groups in total. The average Bonchev–Trinajstić information content (AvgIpc) is 3.40. The third kappa shape index (κ3) is 5.84. The summed E-state index contributed by atoms with van der Waals surface area (Å²) in [5.74, 6) is -2.15. The molecule has 2 saturated heterocycles. The first-order valence-electron chi connectivity index (χ1n) is 14.2. The van der Waals surface area contributed by atoms with Gasteiger partial charge in [0.25, 0.3) is 0 Å². The summed E-state index contributed by atoms with van der Waals surface area (Å²) in [4.78, 5) is 31.9. The fourth-order valence-electron chi connectivity index (χ4n) is 6.06. The number of likely N-dealkylation sites (tertiary alicyclic amines) is 1. The Labute approximate surface area is 252 Å². The maximum atomic E-state index is 14.6. The molecule has 0 radical (unpaired) electrons. The summed E-state index contributed by atoms with van der Waals surface area (Å²) in [5.41, 5.74) is 0.0653. The highest BCUT2D eigenvalue weighted by Gasteiger charge is 2.47. The minimum Gasteiger partial charge on any atom is -0.492 e. The van der Waals surface area contributed by atoms with Crippen molar-refractivity contribution in [3.8, 4) is 16.9 Å². The molecule has 1 spiro atoms. The number of aliphatic hydroxyl groups excluding tert-OH is 1. The van der Waals surface area contributed by atoms with Gasteiger partial charge in [-0.2, -0.15) is 4.31 Å². The first-order valence-corrected chi connectivity index (χ1v) is 15.7. The van der Waals surface area contributed by atoms with Crippen LogP contribution in [0.3, 0.4) is 0 Å². The van der Waals surface area contributed by atoms with Gasteiger partial charge in [0.2, 0.25) is 15.9 Å². The van der Waals surface area contributed by atoms with Crippen molar-refractivity contribution < 1.29 is 36.6 Å². The molecule has 2 aromatic carbocycles. The fraction of sp³-hybridized carbons (Fsp3) is 0.367. The monoisotopic (exact) mass is 627 g/mol. The van der Waals surface area contributed by atoms with Gasteiger partial charge in [-0.05, 0) is 54.8 Å². The number of urea groups is 1. The number of aromatic nitrogens is 1. The number of hydrogen-bond acceptors (Lipinski definition) is 7. The lowest BCUT2D eigenvalue weighted by Crippen LogP contribution is -2.60. The molecule has 3 amide bonds. The van der Waals surface area contributed by atoms with E-state index < -0.39 is 45.2 Å². The molecule has 3 aliphatic rings. The molecular formula is C30H31F2N5O6S. The van der Waals surface area contributed by atoms with E-state index >= 15 is 0 Å². The van der Waals surface area contributed by atoms with Crippen LogP contribution < -0.4 is 15.4 Å². The van der Waals surface area contributed by atoms with Crippen LogP contribution in [0.5, 0.6) is 5.75 Å². The van der Waals surface area contributed by atoms with Crippen molar-refractivity contribution in [1.82, 2.24) is 19.5 Å². The number of ether oxygens (including phenoxy) is 1. The highest BCUT2D eigenvalue weighted by atomic mass is 32.2. The van der Waals surface area contributed by atoms with Gasteiger partial charge < -0.3 is 25.4 Å². The molecule has 14 heteroatoms. The van der Waals surface area contributed by atoms with E-state index in [0.717, 1.165) is 16.4 Å². The molecule has 2 fully saturated rings. The second-order valence-electron chi connectivity index (χ2n) is 11.3. The number of anilines is 1. The van der Waals surface area contributed by atoms with Crippen molar-refractivity contribution in [2.24, 2.45) is 0 Å². The number of fused-ring (bicyclic) bond motifs is 2. The van der Waals surface area contributed by atoms with Crippen molar-refractivity contribution >= 4 is 27.6 Å². The number of piperidine rings is 1. The third-order valence-electron chi connectivity index (χ3n) is 8.46. The van der Waals surface area contributed by atoms with Crippen LogP contribution in [0.2, 0.25) is 0 Å². The van der Waals surface area contributed by atoms with Crippen LogP contribution in [0.1, 0.15) is 25.7 Å². The number of carbonyl (C=O) groups excluding carboxylic acids is 2. The maximum absolute atomic E-state index is 14.6. The molecule has 232 valence electrons. The molecule has 0 unspecified atom stereocenters. The molecule has 0 bridgehead atoms. The van der Waals surface area contributed by atoms with Crippen LogP contribution in [-0.2, 0) is 14.8 Å². The Hall–Kier alpha value is -4.14. The van der Waals surface area contributed by atoms with E-state index in [2.05, 4.69) is 15.6 Å². The second-order valence-corrected chi connectivity index (χ2v) is 13.2. The number of carbonyl (C=O) groups is 2. The van der Waals surface area contributed by atoms with E-state index in [4.69, 9.17) is 4.74 Å². The van der Waals surface area contributed by atoms with Gasteiger partial charge in [0.15, 0.2) is 0 Å². The zero-order valence-electron chi connectivity index (χ0n) is 23.6. The number of nitrogens with zero attached hydrogens (tertiary/aromatic N) is 3. The highest BCUT2D eigenvalue weighted by Crippen LogP contribution is 2.38. The minimum atomic E-state index is -4.34. The van der Waals surface area contributed by atoms with Crippen molar-refractivity contribution in [3.05, 3.63) is 72.6 Å². The van der Waals surface area contributed by atoms with Gasteiger partial charge in [-0.1, -0.05) is 6.07 Å². The average molecular weight is 628 g/mol. The van der Waals surface area contributed by atoms with Crippen LogP contribution in [0.15, 0.2) is 65.8 Å². The number of amides is 3. The molecule has 2 atom stereocenters. The second kappa shape index (κ2) is 11.7. The number of hydrogen-bond donors (Lipinski definition) is 3. The maximum Gasteiger partial charge on any atom is 0.321 e. The van der Waals surface area contributed by atoms with E-state index in [-0.39, 0.29) is 47.4 Å². The van der Waals surface area contributed by atoms with Gasteiger partial charge in [-0.15, -0.1) is 0 Å². The number of pyridine rings is 1. The smallest absolute Gasteiger partial charge is 0.321 e. The Balaban J connectivity index is 1.30. The predicted molar refractivity (Wildman–Crippen MR) is 155 cm³/mol. The predicted octanol–water partition coefficient (Wildman–Crippen LogP) is 3.12. The van der Waals surface area contributed by atoms with Gasteiger partial charge in [0, 0.05) is 55.8 Å². The summed E-state index contributed by atoms with van der Waals surface area (Å²) < 4.78 is 63.0. The summed E-state index contributed by atoms with van der Waals surface area (Å²) in [6.07, 6.45) is 3.03. The molecular weight excluding hydrogens is 596 g/mol. The first kappa shape index (κ1) is 29.9. The number of nitrogens with one attached hydrogen (secondary N) is 2. The summed E-state index contributed by atoms with van der Waals surface area (Å²) in [7, 11) is -4.34. The van der Waals surface area contributed by atoms with E-state index in [1.165, 1.54) is 30.5 Å². The van der Waals surface area contributed by atoms with Crippen LogP contribution in [0.25, 0.3) is 11.1 Å². The number of sulfonamides is 1. The Morgan fingerprint density at radius 2 is 1.91 bits per heavy atom. The Bertz CT molecular complexity index is 1680. The normalized spacial score (nSPS) is 23.1. The molecule has 4 heterocycles. The lowest BCUT2D eigenvalue weighted by Gasteiger charge is -2.43. The quantitative estimate of drug-likeness (QED) is 0.397. The zero-order valence-corrected chi connectivity index (χ0v) is 24.4. The first-order chi connectivity index (χ1) is 21.0. The summed E-state index contributed by atoms with van der Waals surface area (Å²) in [6.45, 7) is 0.343. The topological polar surface area (TPSA) is 141 Å². The standard InChI is InChI=1S/C30H31F2N5O6S/c31-20-4-5-23(24(32)15-20)19-3-6-27-26(14-19)43-13-9-30(35-28(39)25-16-22(38)18-37(25)44(27,41)42)7-11-36(12-8-30)29(40)34-21-2-1-10-33-17-21/h1-6,10,14-15,17,22,25,38H,7-9,11-13,16,18H2,(H,34,40)(H,35,39)/t22-,25+/m1/s1. The zero-order chi connectivity index (χ0) is 31.1. The lowest BCUT2D eigenvalue weighted by atomic mass is 9.84. The van der Waals surface area contributed by atoms with Gasteiger partial charge in [-0.25, -0.2) is 22.0 Å². The molecule has 44 heavy (non-hydrogen) atoms. The Kier molecular flexibility index (Phi) is 7.99. The number of rotatable bonds is 2. The fourth-order valence-corrected chi connectivity index (χ4v) is 7.81. The number of benzene rings is 2. The van der Waals surface area contributed by atoms with Crippen LogP contribution >= 0.6 is 0 Å². The van der Waals surface area contributed by atoms with Crippen molar-refractivity contribution in [1.29, 1.82) is 0 Å². The molecule has 3 aromatic rings. The van der Waals surface area contributed by atoms with Gasteiger partial charge in [0.05, 0.1) is 24.6 Å². The van der Waals surface area contributed by atoms with Crippen molar-refractivity contribution in [2.75, 3.05) is 31.6 Å². The molecule has 3 aliphatic heterocycles. The van der Waals surface area contributed by atoms with Gasteiger partial charge in [0.1, 0.15) is 28.3 Å². The largest absolute Gasteiger partial charge is 0.492 e. The minimum absolute atomic E-state index is 0.00727. The van der Waals surface area contributed by atoms with Crippen LogP contribution in [0.4, 0.5) is 19.3 Å². The van der Waals surface area contributed by atoms with Gasteiger partial charge >= 0.3 is 6.03 Å². The Morgan fingerprint density at radius 3 is 2.64 bits per heavy atom. The third-order valence-corrected chi connectivity index (χ3v) is 10.4. The highest BCUT2D eigenvalue weighted by molar-refractivity contribution is 7.89. The van der Waals surface area contributed by atoms with E-state index in [0.29, 0.717) is 38.0 Å². The number of aliphatic hydroxyl groups is 1. The van der Waals surface area contributed by atoms with Crippen molar-refractivity contribution in [3.63, 3.8) is 0 Å².